The Labute approximate surface area is 83.8 Å². The van der Waals surface area contributed by atoms with Crippen LogP contribution in [0, 0.1) is 9.39 Å². The highest BCUT2D eigenvalue weighted by atomic mass is 127. The van der Waals surface area contributed by atoms with Gasteiger partial charge in [0.05, 0.1) is 17.8 Å². The number of ether oxygens (including phenoxy) is 2. The molecule has 0 spiro atoms. The zero-order valence-corrected chi connectivity index (χ0v) is 8.88. The first kappa shape index (κ1) is 9.57. The van der Waals surface area contributed by atoms with E-state index < -0.39 is 0 Å². The molecule has 1 aromatic carbocycles. The Kier molecular flexibility index (Phi) is 3.13. The standard InChI is InChI=1S/C8H8FIO2/c1-11-5-3-6(10)8(9)7(4-5)12-2/h3-4H,1-2H3. The van der Waals surface area contributed by atoms with Crippen molar-refractivity contribution in [1.82, 2.24) is 0 Å². The number of halogens is 2. The van der Waals surface area contributed by atoms with E-state index in [-0.39, 0.29) is 11.6 Å². The van der Waals surface area contributed by atoms with E-state index in [0.29, 0.717) is 9.32 Å². The summed E-state index contributed by atoms with van der Waals surface area (Å²) in [5.74, 6) is 0.454. The van der Waals surface area contributed by atoms with E-state index in [1.165, 1.54) is 20.3 Å². The molecule has 0 saturated heterocycles. The van der Waals surface area contributed by atoms with Crippen LogP contribution in [0.4, 0.5) is 4.39 Å². The van der Waals surface area contributed by atoms with Crippen molar-refractivity contribution in [3.63, 3.8) is 0 Å². The minimum absolute atomic E-state index is 0.207. The average molecular weight is 282 g/mol. The summed E-state index contributed by atoms with van der Waals surface area (Å²) in [5.41, 5.74) is 0. The summed E-state index contributed by atoms with van der Waals surface area (Å²) < 4.78 is 23.4. The molecule has 0 N–H and O–H groups in total. The van der Waals surface area contributed by atoms with Crippen LogP contribution in [0.1, 0.15) is 0 Å². The van der Waals surface area contributed by atoms with Crippen LogP contribution in [-0.4, -0.2) is 14.2 Å². The Morgan fingerprint density at radius 2 is 1.92 bits per heavy atom. The first-order valence-electron chi connectivity index (χ1n) is 3.26. The molecular formula is C8H8FIO2. The maximum atomic E-state index is 13.1. The molecule has 0 unspecified atom stereocenters. The highest BCUT2D eigenvalue weighted by Gasteiger charge is 2.08. The fraction of sp³-hybridized carbons (Fsp3) is 0.250. The van der Waals surface area contributed by atoms with E-state index in [4.69, 9.17) is 9.47 Å². The molecule has 66 valence electrons. The van der Waals surface area contributed by atoms with Gasteiger partial charge in [-0.25, -0.2) is 4.39 Å². The van der Waals surface area contributed by atoms with Crippen LogP contribution in [0.15, 0.2) is 12.1 Å². The number of rotatable bonds is 2. The van der Waals surface area contributed by atoms with Crippen LogP contribution >= 0.6 is 22.6 Å². The third-order valence-corrected chi connectivity index (χ3v) is 2.21. The van der Waals surface area contributed by atoms with Gasteiger partial charge in [-0.15, -0.1) is 0 Å². The van der Waals surface area contributed by atoms with E-state index >= 15 is 0 Å². The van der Waals surface area contributed by atoms with Crippen LogP contribution < -0.4 is 9.47 Å². The van der Waals surface area contributed by atoms with Crippen LogP contribution in [0.3, 0.4) is 0 Å². The van der Waals surface area contributed by atoms with Crippen molar-refractivity contribution in [2.24, 2.45) is 0 Å². The van der Waals surface area contributed by atoms with Gasteiger partial charge in [-0.2, -0.15) is 0 Å². The summed E-state index contributed by atoms with van der Waals surface area (Å²) in [4.78, 5) is 0. The molecule has 0 saturated carbocycles. The van der Waals surface area contributed by atoms with Crippen molar-refractivity contribution in [2.75, 3.05) is 14.2 Å². The van der Waals surface area contributed by atoms with Crippen molar-refractivity contribution >= 4 is 22.6 Å². The Morgan fingerprint density at radius 1 is 1.25 bits per heavy atom. The van der Waals surface area contributed by atoms with Crippen LogP contribution in [0.2, 0.25) is 0 Å². The quantitative estimate of drug-likeness (QED) is 0.776. The fourth-order valence-corrected chi connectivity index (χ4v) is 1.38. The highest BCUT2D eigenvalue weighted by Crippen LogP contribution is 2.27. The van der Waals surface area contributed by atoms with Crippen molar-refractivity contribution in [3.8, 4) is 11.5 Å². The molecule has 4 heteroatoms. The van der Waals surface area contributed by atoms with Crippen molar-refractivity contribution in [3.05, 3.63) is 21.5 Å². The molecule has 12 heavy (non-hydrogen) atoms. The lowest BCUT2D eigenvalue weighted by molar-refractivity contribution is 0.372. The number of hydrogen-bond donors (Lipinski definition) is 0. The molecule has 0 aliphatic rings. The third-order valence-electron chi connectivity index (χ3n) is 1.42. The van der Waals surface area contributed by atoms with Gasteiger partial charge in [-0.3, -0.25) is 0 Å². The summed E-state index contributed by atoms with van der Waals surface area (Å²) in [6.07, 6.45) is 0. The first-order chi connectivity index (χ1) is 5.69. The minimum Gasteiger partial charge on any atom is -0.497 e. The zero-order valence-electron chi connectivity index (χ0n) is 6.73. The van der Waals surface area contributed by atoms with E-state index in [2.05, 4.69) is 0 Å². The predicted molar refractivity (Wildman–Crippen MR) is 52.2 cm³/mol. The molecule has 0 atom stereocenters. The molecule has 0 heterocycles. The summed E-state index contributed by atoms with van der Waals surface area (Å²) in [6, 6.07) is 3.12. The van der Waals surface area contributed by atoms with Crippen molar-refractivity contribution in [1.29, 1.82) is 0 Å². The Bertz CT molecular complexity index is 289. The molecule has 0 aromatic heterocycles. The van der Waals surface area contributed by atoms with Crippen molar-refractivity contribution in [2.45, 2.75) is 0 Å². The van der Waals surface area contributed by atoms with Crippen LogP contribution in [0.25, 0.3) is 0 Å². The van der Waals surface area contributed by atoms with Gasteiger partial charge < -0.3 is 9.47 Å². The fourth-order valence-electron chi connectivity index (χ4n) is 0.807. The van der Waals surface area contributed by atoms with Gasteiger partial charge in [0.15, 0.2) is 11.6 Å². The van der Waals surface area contributed by atoms with Crippen LogP contribution in [0.5, 0.6) is 11.5 Å². The Hall–Kier alpha value is -0.520. The summed E-state index contributed by atoms with van der Waals surface area (Å²) in [7, 11) is 2.96. The average Bonchev–Trinajstić information content (AvgIpc) is 2.09. The Balaban J connectivity index is 3.19. The molecular weight excluding hydrogens is 274 g/mol. The number of hydrogen-bond acceptors (Lipinski definition) is 2. The zero-order chi connectivity index (χ0) is 9.14. The smallest absolute Gasteiger partial charge is 0.178 e. The second-order valence-corrected chi connectivity index (χ2v) is 3.29. The van der Waals surface area contributed by atoms with Gasteiger partial charge in [0, 0.05) is 6.07 Å². The number of methoxy groups -OCH3 is 2. The van der Waals surface area contributed by atoms with E-state index in [0.717, 1.165) is 0 Å². The normalized spacial score (nSPS) is 9.67. The molecule has 0 fully saturated rings. The summed E-state index contributed by atoms with van der Waals surface area (Å²) in [6.45, 7) is 0. The maximum absolute atomic E-state index is 13.1. The SMILES string of the molecule is COc1cc(I)c(F)c(OC)c1. The molecule has 1 aromatic rings. The largest absolute Gasteiger partial charge is 0.497 e. The Morgan fingerprint density at radius 3 is 2.42 bits per heavy atom. The monoisotopic (exact) mass is 282 g/mol. The van der Waals surface area contributed by atoms with Gasteiger partial charge in [-0.1, -0.05) is 0 Å². The second kappa shape index (κ2) is 3.93. The molecule has 2 nitrogen and oxygen atoms in total. The predicted octanol–water partition coefficient (Wildman–Crippen LogP) is 2.45. The molecule has 0 radical (unpaired) electrons. The third kappa shape index (κ3) is 1.80. The summed E-state index contributed by atoms with van der Waals surface area (Å²) in [5, 5.41) is 0. The van der Waals surface area contributed by atoms with Crippen LogP contribution in [-0.2, 0) is 0 Å². The molecule has 1 rings (SSSR count). The highest BCUT2D eigenvalue weighted by molar-refractivity contribution is 14.1. The van der Waals surface area contributed by atoms with Crippen molar-refractivity contribution < 1.29 is 13.9 Å². The van der Waals surface area contributed by atoms with E-state index in [9.17, 15) is 4.39 Å². The van der Waals surface area contributed by atoms with Gasteiger partial charge in [0.25, 0.3) is 0 Å². The van der Waals surface area contributed by atoms with E-state index in [1.54, 1.807) is 6.07 Å². The maximum Gasteiger partial charge on any atom is 0.178 e. The van der Waals surface area contributed by atoms with Gasteiger partial charge >= 0.3 is 0 Å². The lowest BCUT2D eigenvalue weighted by Crippen LogP contribution is -1.93. The topological polar surface area (TPSA) is 18.5 Å². The second-order valence-electron chi connectivity index (χ2n) is 2.13. The molecule has 0 aliphatic heterocycles. The molecule has 0 aliphatic carbocycles. The van der Waals surface area contributed by atoms with E-state index in [1.807, 2.05) is 22.6 Å². The van der Waals surface area contributed by atoms with Gasteiger partial charge in [0.1, 0.15) is 5.75 Å². The lowest BCUT2D eigenvalue weighted by Gasteiger charge is -2.06. The minimum atomic E-state index is -0.348. The van der Waals surface area contributed by atoms with Gasteiger partial charge in [-0.05, 0) is 28.7 Å². The first-order valence-corrected chi connectivity index (χ1v) is 4.34. The van der Waals surface area contributed by atoms with Gasteiger partial charge in [0.2, 0.25) is 0 Å². The lowest BCUT2D eigenvalue weighted by atomic mass is 10.3. The molecule has 0 bridgehead atoms. The summed E-state index contributed by atoms with van der Waals surface area (Å²) >= 11 is 1.89. The molecule has 0 amide bonds. The number of benzene rings is 1.